The van der Waals surface area contributed by atoms with Gasteiger partial charge in [0, 0.05) is 11.6 Å². The van der Waals surface area contributed by atoms with Crippen LogP contribution < -0.4 is 5.32 Å². The minimum absolute atomic E-state index is 0.256. The number of hydrogen-bond acceptors (Lipinski definition) is 6. The summed E-state index contributed by atoms with van der Waals surface area (Å²) in [5.74, 6) is -1.70. The van der Waals surface area contributed by atoms with E-state index in [-0.39, 0.29) is 5.56 Å². The summed E-state index contributed by atoms with van der Waals surface area (Å²) < 4.78 is 26.4. The van der Waals surface area contributed by atoms with Crippen LogP contribution in [0.4, 0.5) is 10.1 Å². The first-order valence-electron chi connectivity index (χ1n) is 7.24. The van der Waals surface area contributed by atoms with Gasteiger partial charge >= 0.3 is 5.97 Å². The zero-order chi connectivity index (χ0) is 17.6. The summed E-state index contributed by atoms with van der Waals surface area (Å²) in [7, 11) is 0. The number of nitrogens with one attached hydrogen (secondary N) is 1. The molecule has 0 fully saturated rings. The zero-order valence-corrected chi connectivity index (χ0v) is 13.6. The summed E-state index contributed by atoms with van der Waals surface area (Å²) in [6.07, 6.45) is 2.36. The maximum absolute atomic E-state index is 13.4. The third kappa shape index (κ3) is 4.24. The first-order valence-corrected chi connectivity index (χ1v) is 7.97. The second kappa shape index (κ2) is 7.63. The van der Waals surface area contributed by atoms with Gasteiger partial charge in [0.2, 0.25) is 0 Å². The Kier molecular flexibility index (Phi) is 5.10. The molecular formula is C17H12FN3O3S. The van der Waals surface area contributed by atoms with E-state index in [4.69, 9.17) is 4.74 Å². The third-order valence-corrected chi connectivity index (χ3v) is 3.75. The Labute approximate surface area is 146 Å². The SMILES string of the molecule is O=C(COC(=O)/C=C/c1ccccc1F)Nc1cccc2nsnc12. The summed E-state index contributed by atoms with van der Waals surface area (Å²) in [6, 6.07) is 11.2. The zero-order valence-electron chi connectivity index (χ0n) is 12.8. The van der Waals surface area contributed by atoms with Crippen LogP contribution in [0.3, 0.4) is 0 Å². The molecule has 0 aliphatic rings. The fraction of sp³-hybridized carbons (Fsp3) is 0.0588. The lowest BCUT2D eigenvalue weighted by atomic mass is 10.2. The number of ether oxygens (including phenoxy) is 1. The number of esters is 1. The van der Waals surface area contributed by atoms with E-state index in [1.54, 1.807) is 30.3 Å². The number of fused-ring (bicyclic) bond motifs is 1. The number of carbonyl (C=O) groups is 2. The fourth-order valence-corrected chi connectivity index (χ4v) is 2.60. The highest BCUT2D eigenvalue weighted by atomic mass is 32.1. The van der Waals surface area contributed by atoms with E-state index >= 15 is 0 Å². The minimum atomic E-state index is -0.744. The Hall–Kier alpha value is -3.13. The highest BCUT2D eigenvalue weighted by molar-refractivity contribution is 7.00. The average Bonchev–Trinajstić information content (AvgIpc) is 3.09. The van der Waals surface area contributed by atoms with Crippen molar-refractivity contribution in [2.75, 3.05) is 11.9 Å². The van der Waals surface area contributed by atoms with Gasteiger partial charge in [0.05, 0.1) is 17.4 Å². The first-order chi connectivity index (χ1) is 12.1. The molecule has 25 heavy (non-hydrogen) atoms. The number of aromatic nitrogens is 2. The highest BCUT2D eigenvalue weighted by Crippen LogP contribution is 2.20. The molecule has 8 heteroatoms. The van der Waals surface area contributed by atoms with Crippen molar-refractivity contribution in [3.63, 3.8) is 0 Å². The van der Waals surface area contributed by atoms with Gasteiger partial charge in [0.25, 0.3) is 5.91 Å². The van der Waals surface area contributed by atoms with Gasteiger partial charge in [-0.15, -0.1) is 0 Å². The van der Waals surface area contributed by atoms with E-state index in [9.17, 15) is 14.0 Å². The molecule has 3 rings (SSSR count). The van der Waals surface area contributed by atoms with Crippen LogP contribution >= 0.6 is 11.7 Å². The fourth-order valence-electron chi connectivity index (χ4n) is 2.05. The number of hydrogen-bond donors (Lipinski definition) is 1. The van der Waals surface area contributed by atoms with Crippen molar-refractivity contribution in [2.45, 2.75) is 0 Å². The van der Waals surface area contributed by atoms with E-state index < -0.39 is 24.3 Å². The van der Waals surface area contributed by atoms with Gasteiger partial charge in [0.15, 0.2) is 6.61 Å². The second-order valence-electron chi connectivity index (χ2n) is 4.95. The summed E-state index contributed by atoms with van der Waals surface area (Å²) in [6.45, 7) is -0.464. The summed E-state index contributed by atoms with van der Waals surface area (Å²) in [4.78, 5) is 23.5. The molecule has 126 valence electrons. The Balaban J connectivity index is 1.54. The molecule has 0 aliphatic heterocycles. The molecule has 3 aromatic rings. The van der Waals surface area contributed by atoms with Crippen LogP contribution in [0, 0.1) is 5.82 Å². The van der Waals surface area contributed by atoms with Crippen LogP contribution in [-0.2, 0) is 14.3 Å². The van der Waals surface area contributed by atoms with Crippen LogP contribution in [0.15, 0.2) is 48.5 Å². The standard InChI is InChI=1S/C17H12FN3O3S/c18-12-5-2-1-4-11(12)8-9-16(23)24-10-15(22)19-13-6-3-7-14-17(13)21-25-20-14/h1-9H,10H2,(H,19,22)/b9-8+. The molecule has 1 heterocycles. The molecule has 1 N–H and O–H groups in total. The lowest BCUT2D eigenvalue weighted by Crippen LogP contribution is -2.20. The number of carbonyl (C=O) groups excluding carboxylic acids is 2. The van der Waals surface area contributed by atoms with Crippen LogP contribution in [0.5, 0.6) is 0 Å². The summed E-state index contributed by atoms with van der Waals surface area (Å²) in [5.41, 5.74) is 2.00. The second-order valence-corrected chi connectivity index (χ2v) is 5.48. The first kappa shape index (κ1) is 16.7. The van der Waals surface area contributed by atoms with Crippen molar-refractivity contribution in [1.29, 1.82) is 0 Å². The van der Waals surface area contributed by atoms with Crippen molar-refractivity contribution < 1.29 is 18.7 Å². The molecule has 2 aromatic carbocycles. The molecule has 0 spiro atoms. The van der Waals surface area contributed by atoms with Gasteiger partial charge in [-0.3, -0.25) is 4.79 Å². The Morgan fingerprint density at radius 1 is 1.16 bits per heavy atom. The number of amides is 1. The normalized spacial score (nSPS) is 10.9. The summed E-state index contributed by atoms with van der Waals surface area (Å²) in [5, 5.41) is 2.61. The number of benzene rings is 2. The number of anilines is 1. The molecule has 0 radical (unpaired) electrons. The maximum Gasteiger partial charge on any atom is 0.331 e. The van der Waals surface area contributed by atoms with Gasteiger partial charge in [-0.2, -0.15) is 8.75 Å². The van der Waals surface area contributed by atoms with Crippen molar-refractivity contribution >= 4 is 46.4 Å². The van der Waals surface area contributed by atoms with Gasteiger partial charge in [0.1, 0.15) is 16.9 Å². The lowest BCUT2D eigenvalue weighted by molar-refractivity contribution is -0.142. The third-order valence-electron chi connectivity index (χ3n) is 3.21. The van der Waals surface area contributed by atoms with E-state index in [0.717, 1.165) is 17.8 Å². The summed E-state index contributed by atoms with van der Waals surface area (Å²) >= 11 is 1.04. The Morgan fingerprint density at radius 3 is 2.84 bits per heavy atom. The quantitative estimate of drug-likeness (QED) is 0.561. The van der Waals surface area contributed by atoms with Gasteiger partial charge < -0.3 is 10.1 Å². The monoisotopic (exact) mass is 357 g/mol. The van der Waals surface area contributed by atoms with Crippen LogP contribution in [0.2, 0.25) is 0 Å². The number of nitrogens with zero attached hydrogens (tertiary/aromatic N) is 2. The minimum Gasteiger partial charge on any atom is -0.452 e. The Bertz CT molecular complexity index is 955. The van der Waals surface area contributed by atoms with Gasteiger partial charge in [-0.05, 0) is 24.3 Å². The van der Waals surface area contributed by atoms with E-state index in [1.165, 1.54) is 18.2 Å². The Morgan fingerprint density at radius 2 is 2.00 bits per heavy atom. The maximum atomic E-state index is 13.4. The molecule has 6 nitrogen and oxygen atoms in total. The van der Waals surface area contributed by atoms with E-state index in [0.29, 0.717) is 16.7 Å². The van der Waals surface area contributed by atoms with Crippen molar-refractivity contribution in [3.8, 4) is 0 Å². The van der Waals surface area contributed by atoms with Crippen LogP contribution in [0.25, 0.3) is 17.1 Å². The highest BCUT2D eigenvalue weighted by Gasteiger charge is 2.10. The van der Waals surface area contributed by atoms with Crippen LogP contribution in [-0.4, -0.2) is 27.2 Å². The largest absolute Gasteiger partial charge is 0.452 e. The smallest absolute Gasteiger partial charge is 0.331 e. The van der Waals surface area contributed by atoms with Gasteiger partial charge in [-0.25, -0.2) is 9.18 Å². The van der Waals surface area contributed by atoms with Crippen molar-refractivity contribution in [1.82, 2.24) is 8.75 Å². The number of halogens is 1. The van der Waals surface area contributed by atoms with E-state index in [2.05, 4.69) is 14.1 Å². The van der Waals surface area contributed by atoms with Crippen molar-refractivity contribution in [2.24, 2.45) is 0 Å². The molecule has 0 aliphatic carbocycles. The molecule has 0 unspecified atom stereocenters. The molecule has 1 aromatic heterocycles. The van der Waals surface area contributed by atoms with Crippen molar-refractivity contribution in [3.05, 3.63) is 59.9 Å². The molecule has 0 atom stereocenters. The predicted molar refractivity (Wildman–Crippen MR) is 92.4 cm³/mol. The van der Waals surface area contributed by atoms with Crippen LogP contribution in [0.1, 0.15) is 5.56 Å². The topological polar surface area (TPSA) is 81.2 Å². The molecule has 0 saturated carbocycles. The molecule has 0 saturated heterocycles. The molecular weight excluding hydrogens is 345 g/mol. The lowest BCUT2D eigenvalue weighted by Gasteiger charge is -2.05. The van der Waals surface area contributed by atoms with E-state index in [1.807, 2.05) is 0 Å². The predicted octanol–water partition coefficient (Wildman–Crippen LogP) is 3.03. The molecule has 0 bridgehead atoms. The molecule has 1 amide bonds. The van der Waals surface area contributed by atoms with Gasteiger partial charge in [-0.1, -0.05) is 24.3 Å². The average molecular weight is 357 g/mol. The number of rotatable bonds is 5.